The van der Waals surface area contributed by atoms with Gasteiger partial charge in [-0.1, -0.05) is 24.3 Å². The maximum atomic E-state index is 14.2. The Bertz CT molecular complexity index is 1520. The highest BCUT2D eigenvalue weighted by Crippen LogP contribution is 2.34. The molecule has 12 heteroatoms. The van der Waals surface area contributed by atoms with Gasteiger partial charge in [-0.2, -0.15) is 0 Å². The Labute approximate surface area is 191 Å². The second-order valence-corrected chi connectivity index (χ2v) is 12.8. The van der Waals surface area contributed by atoms with E-state index in [4.69, 9.17) is 0 Å². The first kappa shape index (κ1) is 24.8. The molecule has 0 spiro atoms. The molecule has 0 aliphatic rings. The molecule has 3 aromatic rings. The van der Waals surface area contributed by atoms with Gasteiger partial charge in [-0.3, -0.25) is 0 Å². The lowest BCUT2D eigenvalue weighted by atomic mass is 10.1. The zero-order chi connectivity index (χ0) is 24.6. The number of benzene rings is 3. The van der Waals surface area contributed by atoms with Crippen LogP contribution in [0.3, 0.4) is 0 Å². The Balaban J connectivity index is 2.11. The van der Waals surface area contributed by atoms with Crippen LogP contribution in [0.25, 0.3) is 0 Å². The highest BCUT2D eigenvalue weighted by Gasteiger charge is 2.31. The van der Waals surface area contributed by atoms with Crippen LogP contribution >= 0.6 is 0 Å². The van der Waals surface area contributed by atoms with Gasteiger partial charge in [0.05, 0.1) is 20.9 Å². The summed E-state index contributed by atoms with van der Waals surface area (Å²) in [6.45, 7) is 1.57. The monoisotopic (exact) mass is 513 g/mol. The molecule has 0 bridgehead atoms. The molecule has 1 unspecified atom stereocenters. The van der Waals surface area contributed by atoms with Gasteiger partial charge in [0.25, 0.3) is 0 Å². The number of sulfone groups is 2. The summed E-state index contributed by atoms with van der Waals surface area (Å²) in [5, 5.41) is 9.83. The van der Waals surface area contributed by atoms with E-state index in [0.29, 0.717) is 5.56 Å². The normalized spacial score (nSPS) is 13.5. The summed E-state index contributed by atoms with van der Waals surface area (Å²) in [6, 6.07) is 11.7. The van der Waals surface area contributed by atoms with Crippen molar-refractivity contribution in [2.75, 3.05) is 6.26 Å². The van der Waals surface area contributed by atoms with Gasteiger partial charge in [0.1, 0.15) is 16.5 Å². The highest BCUT2D eigenvalue weighted by atomic mass is 32.2. The van der Waals surface area contributed by atoms with Gasteiger partial charge in [0.2, 0.25) is 29.7 Å². The zero-order valence-corrected chi connectivity index (χ0v) is 19.9. The first-order valence-electron chi connectivity index (χ1n) is 9.38. The van der Waals surface area contributed by atoms with Crippen LogP contribution in [0.5, 0.6) is 5.75 Å². The number of hydrogen-bond donors (Lipinski definition) is 2. The van der Waals surface area contributed by atoms with Crippen molar-refractivity contribution in [2.24, 2.45) is 0 Å². The number of aromatic hydroxyl groups is 1. The van der Waals surface area contributed by atoms with Crippen LogP contribution in [-0.4, -0.2) is 36.6 Å². The van der Waals surface area contributed by atoms with Gasteiger partial charge in [-0.25, -0.2) is 34.4 Å². The molecular formula is C21H20FNO7S3. The molecule has 0 radical (unpaired) electrons. The molecular weight excluding hydrogens is 493 g/mol. The number of rotatable bonds is 7. The van der Waals surface area contributed by atoms with Gasteiger partial charge in [0.15, 0.2) is 0 Å². The van der Waals surface area contributed by atoms with Crippen LogP contribution in [-0.2, 0) is 29.7 Å². The molecule has 0 heterocycles. The lowest BCUT2D eigenvalue weighted by molar-refractivity contribution is 0.471. The summed E-state index contributed by atoms with van der Waals surface area (Å²) in [4.78, 5) is -2.42. The van der Waals surface area contributed by atoms with Crippen molar-refractivity contribution in [1.82, 2.24) is 4.72 Å². The van der Waals surface area contributed by atoms with Gasteiger partial charge >= 0.3 is 0 Å². The standard InChI is InChI=1S/C21H20FNO7S3/c1-14(23-31(2,25)26)15-7-10-17(11-8-15)32(27,28)20-12-9-16(24)13-21(20)33(29,30)19-6-4-3-5-18(19)22/h3-14,23-24H,1-2H3. The molecule has 0 fully saturated rings. The minimum Gasteiger partial charge on any atom is -0.508 e. The Kier molecular flexibility index (Phi) is 6.67. The van der Waals surface area contributed by atoms with Crippen molar-refractivity contribution in [3.8, 4) is 5.75 Å². The quantitative estimate of drug-likeness (QED) is 0.496. The van der Waals surface area contributed by atoms with E-state index in [-0.39, 0.29) is 4.90 Å². The fraction of sp³-hybridized carbons (Fsp3) is 0.143. The topological polar surface area (TPSA) is 135 Å². The SMILES string of the molecule is CC(NS(C)(=O)=O)c1ccc(S(=O)(=O)c2ccc(O)cc2S(=O)(=O)c2ccccc2F)cc1. The van der Waals surface area contributed by atoms with Crippen LogP contribution in [0.1, 0.15) is 18.5 Å². The third-order valence-electron chi connectivity index (χ3n) is 4.71. The van der Waals surface area contributed by atoms with E-state index in [0.717, 1.165) is 36.6 Å². The molecule has 3 aromatic carbocycles. The van der Waals surface area contributed by atoms with Crippen molar-refractivity contribution in [2.45, 2.75) is 32.5 Å². The fourth-order valence-electron chi connectivity index (χ4n) is 3.16. The van der Waals surface area contributed by atoms with Crippen molar-refractivity contribution in [3.05, 3.63) is 78.1 Å². The second kappa shape index (κ2) is 8.86. The maximum Gasteiger partial charge on any atom is 0.210 e. The maximum absolute atomic E-state index is 14.2. The van der Waals surface area contributed by atoms with E-state index in [1.165, 1.54) is 36.4 Å². The lowest BCUT2D eigenvalue weighted by Gasteiger charge is -2.15. The van der Waals surface area contributed by atoms with Gasteiger partial charge in [-0.05, 0) is 48.9 Å². The first-order chi connectivity index (χ1) is 15.2. The Morgan fingerprint density at radius 2 is 1.39 bits per heavy atom. The third kappa shape index (κ3) is 5.24. The number of phenolic OH excluding ortho intramolecular Hbond substituents is 1. The minimum absolute atomic E-state index is 0.270. The largest absolute Gasteiger partial charge is 0.508 e. The van der Waals surface area contributed by atoms with E-state index < -0.39 is 62.0 Å². The van der Waals surface area contributed by atoms with Crippen LogP contribution in [0.2, 0.25) is 0 Å². The first-order valence-corrected chi connectivity index (χ1v) is 14.2. The molecule has 3 rings (SSSR count). The highest BCUT2D eigenvalue weighted by molar-refractivity contribution is 7.94. The summed E-state index contributed by atoms with van der Waals surface area (Å²) >= 11 is 0. The van der Waals surface area contributed by atoms with Crippen molar-refractivity contribution < 1.29 is 34.8 Å². The van der Waals surface area contributed by atoms with Crippen molar-refractivity contribution in [3.63, 3.8) is 0 Å². The molecule has 8 nitrogen and oxygen atoms in total. The predicted octanol–water partition coefficient (Wildman–Crippen LogP) is 2.81. The molecule has 0 aromatic heterocycles. The molecule has 33 heavy (non-hydrogen) atoms. The van der Waals surface area contributed by atoms with Gasteiger partial charge in [-0.15, -0.1) is 0 Å². The average molecular weight is 514 g/mol. The van der Waals surface area contributed by atoms with E-state index in [1.54, 1.807) is 6.92 Å². The second-order valence-electron chi connectivity index (χ2n) is 7.25. The minimum atomic E-state index is -4.65. The number of hydrogen-bond acceptors (Lipinski definition) is 7. The van der Waals surface area contributed by atoms with E-state index >= 15 is 0 Å². The smallest absolute Gasteiger partial charge is 0.210 e. The van der Waals surface area contributed by atoms with Crippen molar-refractivity contribution in [1.29, 1.82) is 0 Å². The lowest BCUT2D eigenvalue weighted by Crippen LogP contribution is -2.25. The Morgan fingerprint density at radius 3 is 1.97 bits per heavy atom. The molecule has 0 aliphatic carbocycles. The molecule has 0 aliphatic heterocycles. The summed E-state index contributed by atoms with van der Waals surface area (Å²) in [5.74, 6) is -1.58. The van der Waals surface area contributed by atoms with Crippen LogP contribution in [0.15, 0.2) is 86.3 Å². The molecule has 1 atom stereocenters. The summed E-state index contributed by atoms with van der Waals surface area (Å²) < 4.78 is 92.2. The molecule has 2 N–H and O–H groups in total. The molecule has 0 saturated carbocycles. The van der Waals surface area contributed by atoms with E-state index in [9.17, 15) is 34.8 Å². The predicted molar refractivity (Wildman–Crippen MR) is 118 cm³/mol. The van der Waals surface area contributed by atoms with Crippen LogP contribution < -0.4 is 4.72 Å². The Morgan fingerprint density at radius 1 is 0.788 bits per heavy atom. The Hall–Kier alpha value is -2.80. The number of phenols is 1. The van der Waals surface area contributed by atoms with E-state index in [1.807, 2.05) is 0 Å². The average Bonchev–Trinajstić information content (AvgIpc) is 2.72. The molecule has 0 amide bonds. The van der Waals surface area contributed by atoms with Crippen LogP contribution in [0.4, 0.5) is 4.39 Å². The number of nitrogens with one attached hydrogen (secondary N) is 1. The molecule has 0 saturated heterocycles. The summed E-state index contributed by atoms with van der Waals surface area (Å²) in [6.07, 6.45) is 0.991. The summed E-state index contributed by atoms with van der Waals surface area (Å²) in [7, 11) is -12.6. The zero-order valence-electron chi connectivity index (χ0n) is 17.4. The van der Waals surface area contributed by atoms with Crippen LogP contribution in [0, 0.1) is 5.82 Å². The van der Waals surface area contributed by atoms with Gasteiger partial charge in [0, 0.05) is 12.1 Å². The third-order valence-corrected chi connectivity index (χ3v) is 9.28. The van der Waals surface area contributed by atoms with Gasteiger partial charge < -0.3 is 5.11 Å². The number of sulfonamides is 1. The molecule has 176 valence electrons. The summed E-state index contributed by atoms with van der Waals surface area (Å²) in [5.41, 5.74) is 0.476. The number of halogens is 1. The van der Waals surface area contributed by atoms with Crippen molar-refractivity contribution >= 4 is 29.7 Å². The fourth-order valence-corrected chi connectivity index (χ4v) is 7.35. The van der Waals surface area contributed by atoms with E-state index in [2.05, 4.69) is 4.72 Å².